The highest BCUT2D eigenvalue weighted by Gasteiger charge is 2.02. The fourth-order valence-corrected chi connectivity index (χ4v) is 1.32. The molecule has 2 atom stereocenters. The standard InChI is InChI=1S/C7H14O3.C7H14O2.CH4.H2O/c1-4-9-6(2)5-10-7(3)8;1-4-5-6(2)9-7(3)8;;/h6H,4-5H2,1-3H3;6H,4-5H2,1-3H3;1H4;1H2. The molecule has 0 bridgehead atoms. The van der Waals surface area contributed by atoms with Crippen LogP contribution in [0.4, 0.5) is 0 Å². The summed E-state index contributed by atoms with van der Waals surface area (Å²) in [6.45, 7) is 11.6. The van der Waals surface area contributed by atoms with Crippen molar-refractivity contribution in [2.75, 3.05) is 13.2 Å². The second-order valence-corrected chi connectivity index (χ2v) is 4.28. The Morgan fingerprint density at radius 1 is 1.00 bits per heavy atom. The van der Waals surface area contributed by atoms with E-state index >= 15 is 0 Å². The van der Waals surface area contributed by atoms with Gasteiger partial charge in [-0.3, -0.25) is 9.59 Å². The van der Waals surface area contributed by atoms with Crippen molar-refractivity contribution in [2.24, 2.45) is 0 Å². The van der Waals surface area contributed by atoms with Crippen molar-refractivity contribution in [1.29, 1.82) is 0 Å². The minimum Gasteiger partial charge on any atom is -0.463 e. The van der Waals surface area contributed by atoms with Crippen LogP contribution in [0, 0.1) is 0 Å². The first-order valence-electron chi connectivity index (χ1n) is 6.75. The van der Waals surface area contributed by atoms with Gasteiger partial charge in [-0.05, 0) is 27.2 Å². The lowest BCUT2D eigenvalue weighted by Gasteiger charge is -2.10. The Hall–Kier alpha value is -1.14. The molecule has 130 valence electrons. The van der Waals surface area contributed by atoms with Gasteiger partial charge in [0.05, 0.1) is 12.2 Å². The first-order chi connectivity index (χ1) is 8.83. The molecule has 0 amide bonds. The normalized spacial score (nSPS) is 11.5. The maximum atomic E-state index is 10.3. The summed E-state index contributed by atoms with van der Waals surface area (Å²) in [4.78, 5) is 20.6. The third kappa shape index (κ3) is 27.9. The Kier molecular flexibility index (Phi) is 25.2. The minimum atomic E-state index is -0.258. The average molecular weight is 310 g/mol. The molecular formula is C15H34O6. The van der Waals surface area contributed by atoms with E-state index in [-0.39, 0.29) is 37.0 Å². The lowest BCUT2D eigenvalue weighted by Crippen LogP contribution is -2.17. The lowest BCUT2D eigenvalue weighted by atomic mass is 10.2. The van der Waals surface area contributed by atoms with Gasteiger partial charge in [0.15, 0.2) is 0 Å². The Morgan fingerprint density at radius 2 is 1.52 bits per heavy atom. The van der Waals surface area contributed by atoms with Crippen molar-refractivity contribution in [3.05, 3.63) is 0 Å². The number of hydrogen-bond acceptors (Lipinski definition) is 5. The summed E-state index contributed by atoms with van der Waals surface area (Å²) in [6, 6.07) is 0. The zero-order valence-corrected chi connectivity index (χ0v) is 13.5. The van der Waals surface area contributed by atoms with Crippen LogP contribution >= 0.6 is 0 Å². The second-order valence-electron chi connectivity index (χ2n) is 4.28. The predicted octanol–water partition coefficient (Wildman–Crippen LogP) is 2.52. The highest BCUT2D eigenvalue weighted by atomic mass is 16.6. The van der Waals surface area contributed by atoms with Crippen LogP contribution in [0.15, 0.2) is 0 Å². The lowest BCUT2D eigenvalue weighted by molar-refractivity contribution is -0.146. The summed E-state index contributed by atoms with van der Waals surface area (Å²) in [5, 5.41) is 0. The highest BCUT2D eigenvalue weighted by Crippen LogP contribution is 1.99. The smallest absolute Gasteiger partial charge is 0.302 e. The van der Waals surface area contributed by atoms with Gasteiger partial charge in [0.25, 0.3) is 0 Å². The van der Waals surface area contributed by atoms with Crippen molar-refractivity contribution < 1.29 is 29.3 Å². The number of rotatable bonds is 7. The van der Waals surface area contributed by atoms with E-state index in [1.165, 1.54) is 13.8 Å². The summed E-state index contributed by atoms with van der Waals surface area (Å²) in [5.74, 6) is -0.442. The van der Waals surface area contributed by atoms with Crippen LogP contribution in [-0.2, 0) is 23.8 Å². The molecule has 0 aromatic rings. The number of hydrogen-bond donors (Lipinski definition) is 0. The van der Waals surface area contributed by atoms with Gasteiger partial charge in [0, 0.05) is 20.5 Å². The third-order valence-corrected chi connectivity index (χ3v) is 2.03. The van der Waals surface area contributed by atoms with Gasteiger partial charge in [-0.2, -0.15) is 0 Å². The summed E-state index contributed by atoms with van der Waals surface area (Å²) in [6.07, 6.45) is 2.12. The largest absolute Gasteiger partial charge is 0.463 e. The van der Waals surface area contributed by atoms with Crippen LogP contribution in [-0.4, -0.2) is 42.8 Å². The van der Waals surface area contributed by atoms with Crippen molar-refractivity contribution in [2.45, 2.75) is 74.0 Å². The zero-order valence-electron chi connectivity index (χ0n) is 13.5. The van der Waals surface area contributed by atoms with Crippen LogP contribution in [0.5, 0.6) is 0 Å². The monoisotopic (exact) mass is 310 g/mol. The number of ether oxygens (including phenoxy) is 3. The fraction of sp³-hybridized carbons (Fsp3) is 0.867. The molecule has 6 heteroatoms. The first kappa shape index (κ1) is 28.1. The molecule has 0 saturated heterocycles. The maximum Gasteiger partial charge on any atom is 0.302 e. The summed E-state index contributed by atoms with van der Waals surface area (Å²) < 4.78 is 14.7. The molecular weight excluding hydrogens is 276 g/mol. The van der Waals surface area contributed by atoms with Crippen molar-refractivity contribution in [1.82, 2.24) is 0 Å². The van der Waals surface area contributed by atoms with Crippen LogP contribution in [0.2, 0.25) is 0 Å². The van der Waals surface area contributed by atoms with Crippen molar-refractivity contribution in [3.8, 4) is 0 Å². The van der Waals surface area contributed by atoms with Crippen LogP contribution in [0.1, 0.15) is 61.8 Å². The van der Waals surface area contributed by atoms with E-state index in [4.69, 9.17) is 14.2 Å². The Balaban J connectivity index is -0.000000126. The Labute approximate surface area is 129 Å². The molecule has 0 fully saturated rings. The molecule has 0 heterocycles. The van der Waals surface area contributed by atoms with Gasteiger partial charge >= 0.3 is 11.9 Å². The Bertz CT molecular complexity index is 242. The molecule has 6 nitrogen and oxygen atoms in total. The van der Waals surface area contributed by atoms with Gasteiger partial charge in [-0.25, -0.2) is 0 Å². The molecule has 2 N–H and O–H groups in total. The third-order valence-electron chi connectivity index (χ3n) is 2.03. The SMILES string of the molecule is C.CCCC(C)OC(C)=O.CCOC(C)COC(C)=O.O. The van der Waals surface area contributed by atoms with Gasteiger partial charge in [0.1, 0.15) is 6.61 Å². The fourth-order valence-electron chi connectivity index (χ4n) is 1.32. The first-order valence-corrected chi connectivity index (χ1v) is 6.75. The van der Waals surface area contributed by atoms with Crippen molar-refractivity contribution >= 4 is 11.9 Å². The van der Waals surface area contributed by atoms with Crippen molar-refractivity contribution in [3.63, 3.8) is 0 Å². The molecule has 0 aromatic heterocycles. The van der Waals surface area contributed by atoms with E-state index in [0.29, 0.717) is 13.2 Å². The number of esters is 2. The molecule has 0 radical (unpaired) electrons. The van der Waals surface area contributed by atoms with Gasteiger partial charge < -0.3 is 19.7 Å². The molecule has 21 heavy (non-hydrogen) atoms. The van der Waals surface area contributed by atoms with E-state index in [1.54, 1.807) is 0 Å². The highest BCUT2D eigenvalue weighted by molar-refractivity contribution is 5.66. The second kappa shape index (κ2) is 18.9. The van der Waals surface area contributed by atoms with Gasteiger partial charge in [-0.1, -0.05) is 20.8 Å². The Morgan fingerprint density at radius 3 is 1.86 bits per heavy atom. The van der Waals surface area contributed by atoms with E-state index in [1.807, 2.05) is 20.8 Å². The minimum absolute atomic E-state index is 0. The summed E-state index contributed by atoms with van der Waals surface area (Å²) in [7, 11) is 0. The number of carbonyl (C=O) groups excluding carboxylic acids is 2. The average Bonchev–Trinajstić information content (AvgIpc) is 2.27. The van der Waals surface area contributed by atoms with Gasteiger partial charge in [0.2, 0.25) is 0 Å². The van der Waals surface area contributed by atoms with Crippen LogP contribution < -0.4 is 0 Å². The summed E-state index contributed by atoms with van der Waals surface area (Å²) in [5.41, 5.74) is 0. The quantitative estimate of drug-likeness (QED) is 0.673. The van der Waals surface area contributed by atoms with Crippen LogP contribution in [0.25, 0.3) is 0 Å². The molecule has 2 unspecified atom stereocenters. The molecule has 0 saturated carbocycles. The van der Waals surface area contributed by atoms with E-state index in [0.717, 1.165) is 12.8 Å². The molecule has 0 aliphatic carbocycles. The van der Waals surface area contributed by atoms with Gasteiger partial charge in [-0.15, -0.1) is 0 Å². The molecule has 0 aromatic carbocycles. The van der Waals surface area contributed by atoms with E-state index in [2.05, 4.69) is 6.92 Å². The summed E-state index contributed by atoms with van der Waals surface area (Å²) >= 11 is 0. The van der Waals surface area contributed by atoms with E-state index in [9.17, 15) is 9.59 Å². The molecule has 0 aliphatic rings. The molecule has 0 spiro atoms. The predicted molar refractivity (Wildman–Crippen MR) is 84.2 cm³/mol. The maximum absolute atomic E-state index is 10.3. The zero-order chi connectivity index (χ0) is 15.3. The number of carbonyl (C=O) groups is 2. The molecule has 0 rings (SSSR count). The molecule has 0 aliphatic heterocycles. The topological polar surface area (TPSA) is 93.3 Å². The van der Waals surface area contributed by atoms with E-state index < -0.39 is 0 Å². The van der Waals surface area contributed by atoms with Crippen LogP contribution in [0.3, 0.4) is 0 Å².